The molecule has 1 amide bonds. The molecule has 3 N–H and O–H groups in total. The molecule has 9 heteroatoms. The second-order valence-corrected chi connectivity index (χ2v) is 8.32. The molecular formula is C23H25N5O3S. The summed E-state index contributed by atoms with van der Waals surface area (Å²) >= 11 is 1.54. The van der Waals surface area contributed by atoms with Gasteiger partial charge in [0, 0.05) is 35.2 Å². The van der Waals surface area contributed by atoms with E-state index in [1.165, 1.54) is 0 Å². The third-order valence-corrected chi connectivity index (χ3v) is 6.05. The number of rotatable bonds is 9. The highest BCUT2D eigenvalue weighted by atomic mass is 32.2. The number of carbonyl (C=O) groups excluding carboxylic acids is 1. The van der Waals surface area contributed by atoms with Crippen molar-refractivity contribution < 1.29 is 14.3 Å². The van der Waals surface area contributed by atoms with Gasteiger partial charge in [0.15, 0.2) is 11.6 Å². The second-order valence-electron chi connectivity index (χ2n) is 7.28. The number of carbonyl (C=O) groups is 1. The average molecular weight is 452 g/mol. The van der Waals surface area contributed by atoms with E-state index in [0.29, 0.717) is 23.1 Å². The Kier molecular flexibility index (Phi) is 6.96. The number of fused-ring (bicyclic) bond motifs is 1. The summed E-state index contributed by atoms with van der Waals surface area (Å²) in [7, 11) is 3.23. The van der Waals surface area contributed by atoms with Crippen LogP contribution in [0.4, 0.5) is 17.3 Å². The molecule has 1 aliphatic carbocycles. The number of anilines is 3. The molecule has 166 valence electrons. The molecule has 4 rings (SSSR count). The Balaban J connectivity index is 1.60. The van der Waals surface area contributed by atoms with Gasteiger partial charge in [0.05, 0.1) is 25.3 Å². The molecule has 0 radical (unpaired) electrons. The van der Waals surface area contributed by atoms with Crippen LogP contribution in [0.25, 0.3) is 11.0 Å². The monoisotopic (exact) mass is 451 g/mol. The lowest BCUT2D eigenvalue weighted by Gasteiger charge is -2.24. The molecule has 0 spiro atoms. The van der Waals surface area contributed by atoms with Crippen LogP contribution < -0.4 is 24.8 Å². The third-order valence-electron chi connectivity index (χ3n) is 5.08. The highest BCUT2D eigenvalue weighted by Gasteiger charge is 2.19. The summed E-state index contributed by atoms with van der Waals surface area (Å²) in [6.07, 6.45) is 6.69. The van der Waals surface area contributed by atoms with Crippen molar-refractivity contribution in [2.24, 2.45) is 0 Å². The van der Waals surface area contributed by atoms with Gasteiger partial charge in [0.25, 0.3) is 0 Å². The number of hydrogen-bond donors (Lipinski definition) is 3. The minimum Gasteiger partial charge on any atom is -0.497 e. The van der Waals surface area contributed by atoms with Crippen molar-refractivity contribution in [3.63, 3.8) is 0 Å². The van der Waals surface area contributed by atoms with Gasteiger partial charge in [0.2, 0.25) is 6.41 Å². The first-order valence-corrected chi connectivity index (χ1v) is 11.1. The summed E-state index contributed by atoms with van der Waals surface area (Å²) in [4.78, 5) is 20.4. The lowest BCUT2D eigenvalue weighted by atomic mass is 10.0. The second kappa shape index (κ2) is 10.2. The highest BCUT2D eigenvalue weighted by molar-refractivity contribution is 8.01. The van der Waals surface area contributed by atoms with E-state index < -0.39 is 0 Å². The number of benzene rings is 2. The van der Waals surface area contributed by atoms with Gasteiger partial charge < -0.3 is 24.8 Å². The van der Waals surface area contributed by atoms with Gasteiger partial charge in [-0.2, -0.15) is 0 Å². The summed E-state index contributed by atoms with van der Waals surface area (Å²) in [5, 5.41) is 6.40. The fourth-order valence-electron chi connectivity index (χ4n) is 3.48. The van der Waals surface area contributed by atoms with Crippen molar-refractivity contribution in [3.05, 3.63) is 54.6 Å². The first kappa shape index (κ1) is 21.8. The number of ether oxygens (including phenoxy) is 2. The van der Waals surface area contributed by atoms with Gasteiger partial charge in [-0.1, -0.05) is 24.3 Å². The van der Waals surface area contributed by atoms with Crippen LogP contribution in [0, 0.1) is 0 Å². The minimum absolute atomic E-state index is 0.140. The number of nitrogens with zero attached hydrogens (tertiary/aromatic N) is 2. The van der Waals surface area contributed by atoms with Gasteiger partial charge >= 0.3 is 0 Å². The van der Waals surface area contributed by atoms with Crippen LogP contribution in [0.2, 0.25) is 0 Å². The lowest BCUT2D eigenvalue weighted by molar-refractivity contribution is -0.110. The molecule has 1 aliphatic rings. The Morgan fingerprint density at radius 1 is 1.03 bits per heavy atom. The predicted octanol–water partition coefficient (Wildman–Crippen LogP) is 4.28. The van der Waals surface area contributed by atoms with Crippen LogP contribution in [0.3, 0.4) is 0 Å². The Hall–Kier alpha value is -3.46. The molecule has 3 aromatic rings. The Bertz CT molecular complexity index is 1100. The standard InChI is InChI=1S/C23H25N5O3S/c1-30-17-10-16(11-18(13-17)31-2)25-22-23(27-21-9-4-3-8-20(21)26-22)28-32-19-7-5-6-15(12-19)24-14-29/h3-5,7-11,13-15,19H,6,12H2,1-2H3,(H,24,29)(H,25,26)(H,27,28). The normalized spacial score (nSPS) is 17.6. The smallest absolute Gasteiger partial charge is 0.207 e. The van der Waals surface area contributed by atoms with E-state index in [0.717, 1.165) is 36.0 Å². The predicted molar refractivity (Wildman–Crippen MR) is 129 cm³/mol. The minimum atomic E-state index is 0.140. The number of hydrogen-bond acceptors (Lipinski definition) is 8. The first-order valence-electron chi connectivity index (χ1n) is 10.2. The molecule has 0 fully saturated rings. The van der Waals surface area contributed by atoms with Gasteiger partial charge in [-0.15, -0.1) is 0 Å². The summed E-state index contributed by atoms with van der Waals surface area (Å²) in [6, 6.07) is 13.4. The van der Waals surface area contributed by atoms with Crippen molar-refractivity contribution >= 4 is 46.7 Å². The topological polar surface area (TPSA) is 97.4 Å². The van der Waals surface area contributed by atoms with E-state index in [-0.39, 0.29) is 11.3 Å². The number of para-hydroxylation sites is 2. The first-order chi connectivity index (χ1) is 15.7. The molecule has 0 bridgehead atoms. The van der Waals surface area contributed by atoms with E-state index in [1.54, 1.807) is 26.2 Å². The molecule has 2 unspecified atom stereocenters. The fourth-order valence-corrected chi connectivity index (χ4v) is 4.40. The zero-order valence-corrected chi connectivity index (χ0v) is 18.7. The lowest BCUT2D eigenvalue weighted by Crippen LogP contribution is -2.32. The summed E-state index contributed by atoms with van der Waals surface area (Å²) in [5.41, 5.74) is 2.35. The van der Waals surface area contributed by atoms with E-state index >= 15 is 0 Å². The van der Waals surface area contributed by atoms with E-state index in [9.17, 15) is 4.79 Å². The van der Waals surface area contributed by atoms with Gasteiger partial charge in [-0.3, -0.25) is 4.79 Å². The van der Waals surface area contributed by atoms with Crippen LogP contribution in [0.15, 0.2) is 54.6 Å². The van der Waals surface area contributed by atoms with Crippen LogP contribution >= 0.6 is 11.9 Å². The van der Waals surface area contributed by atoms with Crippen molar-refractivity contribution in [2.75, 3.05) is 24.3 Å². The number of amides is 1. The quantitative estimate of drug-likeness (QED) is 0.252. The number of aromatic nitrogens is 2. The van der Waals surface area contributed by atoms with Crippen LogP contribution in [-0.2, 0) is 4.79 Å². The maximum atomic E-state index is 10.8. The zero-order chi connectivity index (χ0) is 22.3. The largest absolute Gasteiger partial charge is 0.497 e. The molecule has 0 saturated carbocycles. The molecule has 1 heterocycles. The van der Waals surface area contributed by atoms with Crippen LogP contribution in [-0.4, -0.2) is 41.9 Å². The molecule has 2 atom stereocenters. The van der Waals surface area contributed by atoms with E-state index in [1.807, 2.05) is 42.5 Å². The number of nitrogens with one attached hydrogen (secondary N) is 3. The Labute approximate surface area is 190 Å². The van der Waals surface area contributed by atoms with Crippen molar-refractivity contribution in [1.82, 2.24) is 15.3 Å². The van der Waals surface area contributed by atoms with Gasteiger partial charge in [-0.05, 0) is 36.9 Å². The summed E-state index contributed by atoms with van der Waals surface area (Å²) in [5.74, 6) is 2.55. The third kappa shape index (κ3) is 5.23. The molecule has 2 aromatic carbocycles. The van der Waals surface area contributed by atoms with Gasteiger partial charge in [0.1, 0.15) is 11.5 Å². The van der Waals surface area contributed by atoms with Crippen LogP contribution in [0.5, 0.6) is 11.5 Å². The molecule has 8 nitrogen and oxygen atoms in total. The highest BCUT2D eigenvalue weighted by Crippen LogP contribution is 2.32. The molecule has 0 saturated heterocycles. The van der Waals surface area contributed by atoms with Crippen molar-refractivity contribution in [2.45, 2.75) is 24.1 Å². The van der Waals surface area contributed by atoms with Crippen molar-refractivity contribution in [3.8, 4) is 11.5 Å². The maximum Gasteiger partial charge on any atom is 0.207 e. The average Bonchev–Trinajstić information content (AvgIpc) is 2.83. The fraction of sp³-hybridized carbons (Fsp3) is 0.261. The van der Waals surface area contributed by atoms with Crippen molar-refractivity contribution in [1.29, 1.82) is 0 Å². The molecule has 32 heavy (non-hydrogen) atoms. The Morgan fingerprint density at radius 2 is 1.72 bits per heavy atom. The SMILES string of the molecule is COc1cc(Nc2nc3ccccc3nc2NSC2C=CCC(NC=O)C2)cc(OC)c1. The summed E-state index contributed by atoms with van der Waals surface area (Å²) in [6.45, 7) is 0. The number of methoxy groups -OCH3 is 2. The van der Waals surface area contributed by atoms with Gasteiger partial charge in [-0.25, -0.2) is 9.97 Å². The van der Waals surface area contributed by atoms with E-state index in [2.05, 4.69) is 27.5 Å². The van der Waals surface area contributed by atoms with Crippen LogP contribution in [0.1, 0.15) is 12.8 Å². The maximum absolute atomic E-state index is 10.8. The summed E-state index contributed by atoms with van der Waals surface area (Å²) < 4.78 is 14.1. The molecule has 1 aromatic heterocycles. The Morgan fingerprint density at radius 3 is 2.38 bits per heavy atom. The zero-order valence-electron chi connectivity index (χ0n) is 17.9. The molecule has 0 aliphatic heterocycles. The molecular weight excluding hydrogens is 426 g/mol. The van der Waals surface area contributed by atoms with E-state index in [4.69, 9.17) is 19.4 Å².